The molecular weight excluding hydrogens is 334 g/mol. The van der Waals surface area contributed by atoms with E-state index < -0.39 is 0 Å². The second-order valence-electron chi connectivity index (χ2n) is 6.53. The molecule has 1 aromatic carbocycles. The number of para-hydroxylation sites is 1. The van der Waals surface area contributed by atoms with Crippen LogP contribution in [0.3, 0.4) is 0 Å². The molecule has 0 radical (unpaired) electrons. The summed E-state index contributed by atoms with van der Waals surface area (Å²) in [6.45, 7) is 6.24. The van der Waals surface area contributed by atoms with Crippen molar-refractivity contribution in [1.82, 2.24) is 4.90 Å². The molecule has 4 nitrogen and oxygen atoms in total. The SMILES string of the molecule is CCCCSC(C)C(=O)N(Cc1ccccc1OC)CC1CCCO1. The maximum atomic E-state index is 13.0. The van der Waals surface area contributed by atoms with Crippen molar-refractivity contribution in [3.8, 4) is 5.75 Å². The van der Waals surface area contributed by atoms with Crippen LogP contribution in [0.4, 0.5) is 0 Å². The van der Waals surface area contributed by atoms with E-state index in [1.165, 1.54) is 0 Å². The lowest BCUT2D eigenvalue weighted by atomic mass is 10.1. The van der Waals surface area contributed by atoms with Crippen molar-refractivity contribution in [2.45, 2.75) is 57.4 Å². The molecule has 0 N–H and O–H groups in total. The fraction of sp³-hybridized carbons (Fsp3) is 0.650. The number of carbonyl (C=O) groups excluding carboxylic acids is 1. The number of methoxy groups -OCH3 is 1. The van der Waals surface area contributed by atoms with E-state index in [2.05, 4.69) is 6.92 Å². The number of amides is 1. The molecule has 1 heterocycles. The van der Waals surface area contributed by atoms with Crippen LogP contribution < -0.4 is 4.74 Å². The Morgan fingerprint density at radius 2 is 2.24 bits per heavy atom. The lowest BCUT2D eigenvalue weighted by Gasteiger charge is -2.28. The molecular formula is C20H31NO3S. The normalized spacial score (nSPS) is 18.1. The molecule has 25 heavy (non-hydrogen) atoms. The number of thioether (sulfide) groups is 1. The molecule has 1 fully saturated rings. The summed E-state index contributed by atoms with van der Waals surface area (Å²) in [6, 6.07) is 7.93. The maximum absolute atomic E-state index is 13.0. The van der Waals surface area contributed by atoms with E-state index in [0.717, 1.165) is 49.4 Å². The van der Waals surface area contributed by atoms with Gasteiger partial charge in [0.1, 0.15) is 5.75 Å². The van der Waals surface area contributed by atoms with E-state index in [4.69, 9.17) is 9.47 Å². The molecule has 0 bridgehead atoms. The summed E-state index contributed by atoms with van der Waals surface area (Å²) >= 11 is 1.75. The Balaban J connectivity index is 2.07. The molecule has 1 aliphatic heterocycles. The van der Waals surface area contributed by atoms with Gasteiger partial charge >= 0.3 is 0 Å². The van der Waals surface area contributed by atoms with Gasteiger partial charge < -0.3 is 14.4 Å². The zero-order valence-electron chi connectivity index (χ0n) is 15.7. The number of rotatable bonds is 10. The third kappa shape index (κ3) is 6.23. The third-order valence-corrected chi connectivity index (χ3v) is 5.75. The highest BCUT2D eigenvalue weighted by atomic mass is 32.2. The second-order valence-corrected chi connectivity index (χ2v) is 7.98. The minimum absolute atomic E-state index is 0.0253. The minimum Gasteiger partial charge on any atom is -0.496 e. The molecule has 2 atom stereocenters. The van der Waals surface area contributed by atoms with Crippen LogP contribution in [0.25, 0.3) is 0 Å². The first-order chi connectivity index (χ1) is 12.2. The summed E-state index contributed by atoms with van der Waals surface area (Å²) in [5.41, 5.74) is 1.04. The first-order valence-electron chi connectivity index (χ1n) is 9.29. The van der Waals surface area contributed by atoms with Crippen LogP contribution in [-0.2, 0) is 16.1 Å². The summed E-state index contributed by atoms with van der Waals surface area (Å²) < 4.78 is 11.2. The third-order valence-electron chi connectivity index (χ3n) is 4.53. The zero-order valence-corrected chi connectivity index (χ0v) is 16.5. The maximum Gasteiger partial charge on any atom is 0.235 e. The van der Waals surface area contributed by atoms with E-state index >= 15 is 0 Å². The van der Waals surface area contributed by atoms with Crippen molar-refractivity contribution in [3.63, 3.8) is 0 Å². The number of ether oxygens (including phenoxy) is 2. The van der Waals surface area contributed by atoms with Crippen LogP contribution in [0.5, 0.6) is 5.75 Å². The molecule has 0 aromatic heterocycles. The monoisotopic (exact) mass is 365 g/mol. The molecule has 1 aromatic rings. The van der Waals surface area contributed by atoms with E-state index in [1.54, 1.807) is 18.9 Å². The quantitative estimate of drug-likeness (QED) is 0.585. The van der Waals surface area contributed by atoms with E-state index in [-0.39, 0.29) is 17.3 Å². The number of carbonyl (C=O) groups is 1. The molecule has 5 heteroatoms. The van der Waals surface area contributed by atoms with Gasteiger partial charge in [0.2, 0.25) is 5.91 Å². The summed E-state index contributed by atoms with van der Waals surface area (Å²) in [7, 11) is 1.67. The minimum atomic E-state index is -0.0253. The van der Waals surface area contributed by atoms with E-state index in [1.807, 2.05) is 36.1 Å². The van der Waals surface area contributed by atoms with Crippen LogP contribution >= 0.6 is 11.8 Å². The molecule has 1 amide bonds. The lowest BCUT2D eigenvalue weighted by molar-refractivity contribution is -0.132. The highest BCUT2D eigenvalue weighted by molar-refractivity contribution is 8.00. The standard InChI is InChI=1S/C20H31NO3S/c1-4-5-13-25-16(2)20(22)21(15-18-10-8-12-24-18)14-17-9-6-7-11-19(17)23-3/h6-7,9,11,16,18H,4-5,8,10,12-15H2,1-3H3. The van der Waals surface area contributed by atoms with Gasteiger partial charge in [-0.05, 0) is 38.0 Å². The van der Waals surface area contributed by atoms with Crippen molar-refractivity contribution >= 4 is 17.7 Å². The van der Waals surface area contributed by atoms with Gasteiger partial charge in [0.05, 0.1) is 18.5 Å². The van der Waals surface area contributed by atoms with Gasteiger partial charge in [-0.25, -0.2) is 0 Å². The van der Waals surface area contributed by atoms with Crippen LogP contribution in [0.1, 0.15) is 45.1 Å². The summed E-state index contributed by atoms with van der Waals surface area (Å²) in [4.78, 5) is 15.0. The van der Waals surface area contributed by atoms with Crippen LogP contribution in [0.15, 0.2) is 24.3 Å². The van der Waals surface area contributed by atoms with Gasteiger partial charge in [-0.2, -0.15) is 0 Å². The lowest BCUT2D eigenvalue weighted by Crippen LogP contribution is -2.41. The largest absolute Gasteiger partial charge is 0.496 e. The van der Waals surface area contributed by atoms with Crippen molar-refractivity contribution in [1.29, 1.82) is 0 Å². The van der Waals surface area contributed by atoms with Gasteiger partial charge in [0, 0.05) is 25.3 Å². The molecule has 2 rings (SSSR count). The van der Waals surface area contributed by atoms with E-state index in [9.17, 15) is 4.79 Å². The molecule has 140 valence electrons. The van der Waals surface area contributed by atoms with Gasteiger partial charge in [-0.1, -0.05) is 31.5 Å². The Hall–Kier alpha value is -1.20. The zero-order chi connectivity index (χ0) is 18.1. The molecule has 1 aliphatic rings. The average Bonchev–Trinajstić information content (AvgIpc) is 3.14. The predicted molar refractivity (Wildman–Crippen MR) is 104 cm³/mol. The highest BCUT2D eigenvalue weighted by Crippen LogP contribution is 2.24. The Morgan fingerprint density at radius 1 is 1.44 bits per heavy atom. The molecule has 0 saturated carbocycles. The molecule has 2 unspecified atom stereocenters. The smallest absolute Gasteiger partial charge is 0.235 e. The van der Waals surface area contributed by atoms with E-state index in [0.29, 0.717) is 13.1 Å². The van der Waals surface area contributed by atoms with Crippen molar-refractivity contribution < 1.29 is 14.3 Å². The summed E-state index contributed by atoms with van der Waals surface area (Å²) in [5.74, 6) is 2.06. The number of hydrogen-bond acceptors (Lipinski definition) is 4. The second kappa shape index (κ2) is 10.7. The number of hydrogen-bond donors (Lipinski definition) is 0. The van der Waals surface area contributed by atoms with Crippen LogP contribution in [0, 0.1) is 0 Å². The first-order valence-corrected chi connectivity index (χ1v) is 10.3. The van der Waals surface area contributed by atoms with Crippen LogP contribution in [0.2, 0.25) is 0 Å². The fourth-order valence-corrected chi connectivity index (χ4v) is 4.14. The van der Waals surface area contributed by atoms with Gasteiger partial charge in [0.15, 0.2) is 0 Å². The molecule has 0 aliphatic carbocycles. The summed E-state index contributed by atoms with van der Waals surface area (Å²) in [6.07, 6.45) is 4.59. The first kappa shape index (κ1) is 20.1. The fourth-order valence-electron chi connectivity index (χ4n) is 3.04. The Kier molecular flexibility index (Phi) is 8.62. The number of unbranched alkanes of at least 4 members (excludes halogenated alkanes) is 1. The average molecular weight is 366 g/mol. The van der Waals surface area contributed by atoms with Crippen molar-refractivity contribution in [2.24, 2.45) is 0 Å². The van der Waals surface area contributed by atoms with Gasteiger partial charge in [0.25, 0.3) is 0 Å². The van der Waals surface area contributed by atoms with Crippen molar-refractivity contribution in [3.05, 3.63) is 29.8 Å². The topological polar surface area (TPSA) is 38.8 Å². The predicted octanol–water partition coefficient (Wildman–Crippen LogP) is 4.12. The summed E-state index contributed by atoms with van der Waals surface area (Å²) in [5, 5.41) is -0.0253. The number of nitrogens with zero attached hydrogens (tertiary/aromatic N) is 1. The molecule has 1 saturated heterocycles. The molecule has 0 spiro atoms. The number of benzene rings is 1. The Bertz CT molecular complexity index is 531. The van der Waals surface area contributed by atoms with Gasteiger partial charge in [-0.15, -0.1) is 11.8 Å². The highest BCUT2D eigenvalue weighted by Gasteiger charge is 2.26. The van der Waals surface area contributed by atoms with Gasteiger partial charge in [-0.3, -0.25) is 4.79 Å². The van der Waals surface area contributed by atoms with Crippen LogP contribution in [-0.4, -0.2) is 48.2 Å². The Morgan fingerprint density at radius 3 is 2.92 bits per heavy atom. The van der Waals surface area contributed by atoms with Crippen molar-refractivity contribution in [2.75, 3.05) is 26.0 Å². The Labute approximate surface area is 156 Å².